The largest absolute Gasteiger partial charge is 0.416 e. The van der Waals surface area contributed by atoms with E-state index in [1.807, 2.05) is 0 Å². The lowest BCUT2D eigenvalue weighted by Crippen LogP contribution is -2.49. The van der Waals surface area contributed by atoms with Crippen LogP contribution in [0, 0.1) is 15.9 Å². The predicted molar refractivity (Wildman–Crippen MR) is 102 cm³/mol. The highest BCUT2D eigenvalue weighted by Crippen LogP contribution is 2.36. The van der Waals surface area contributed by atoms with E-state index >= 15 is 0 Å². The third-order valence-corrected chi connectivity index (χ3v) is 4.99. The van der Waals surface area contributed by atoms with Crippen molar-refractivity contribution in [1.82, 2.24) is 4.90 Å². The van der Waals surface area contributed by atoms with E-state index < -0.39 is 22.4 Å². The molecule has 0 atom stereocenters. The Balaban J connectivity index is 1.62. The molecule has 1 saturated heterocycles. The molecule has 0 unspecified atom stereocenters. The molecule has 10 heteroatoms. The SMILES string of the molecule is O=C(CCc1cccc(F)c1)N1CCN(c2ccc(C(F)(F)F)cc2[N+](=O)[O-])CC1. The number of carbonyl (C=O) groups excluding carboxylic acids is 1. The smallest absolute Gasteiger partial charge is 0.362 e. The number of anilines is 1. The van der Waals surface area contributed by atoms with Crippen LogP contribution in [0.2, 0.25) is 0 Å². The maximum atomic E-state index is 13.2. The van der Waals surface area contributed by atoms with E-state index in [4.69, 9.17) is 0 Å². The Bertz CT molecular complexity index is 941. The Kier molecular flexibility index (Phi) is 6.23. The molecule has 1 heterocycles. The predicted octanol–water partition coefficient (Wildman–Crippen LogP) is 4.03. The molecule has 0 aromatic heterocycles. The van der Waals surface area contributed by atoms with Crippen molar-refractivity contribution >= 4 is 17.3 Å². The average molecular weight is 425 g/mol. The first-order valence-electron chi connectivity index (χ1n) is 9.28. The minimum atomic E-state index is -4.67. The Labute approximate surface area is 169 Å². The number of piperazine rings is 1. The van der Waals surface area contributed by atoms with Crippen molar-refractivity contribution in [1.29, 1.82) is 0 Å². The molecule has 1 fully saturated rings. The maximum absolute atomic E-state index is 13.2. The summed E-state index contributed by atoms with van der Waals surface area (Å²) in [6.07, 6.45) is -4.08. The molecule has 0 radical (unpaired) electrons. The van der Waals surface area contributed by atoms with Crippen LogP contribution in [0.1, 0.15) is 17.5 Å². The Morgan fingerprint density at radius 2 is 1.77 bits per heavy atom. The van der Waals surface area contributed by atoms with E-state index in [2.05, 4.69) is 0 Å². The van der Waals surface area contributed by atoms with Crippen molar-refractivity contribution in [3.63, 3.8) is 0 Å². The van der Waals surface area contributed by atoms with Gasteiger partial charge in [0, 0.05) is 38.7 Å². The lowest BCUT2D eigenvalue weighted by atomic mass is 10.1. The number of hydrogen-bond donors (Lipinski definition) is 0. The number of carbonyl (C=O) groups is 1. The Morgan fingerprint density at radius 3 is 2.37 bits per heavy atom. The molecule has 2 aromatic rings. The first-order valence-corrected chi connectivity index (χ1v) is 9.28. The van der Waals surface area contributed by atoms with Crippen molar-refractivity contribution in [2.45, 2.75) is 19.0 Å². The molecular formula is C20H19F4N3O3. The fourth-order valence-corrected chi connectivity index (χ4v) is 3.41. The molecule has 0 aliphatic carbocycles. The number of hydrogen-bond acceptors (Lipinski definition) is 4. The highest BCUT2D eigenvalue weighted by Gasteiger charge is 2.34. The van der Waals surface area contributed by atoms with E-state index in [1.54, 1.807) is 21.9 Å². The van der Waals surface area contributed by atoms with Gasteiger partial charge in [-0.1, -0.05) is 12.1 Å². The van der Waals surface area contributed by atoms with Gasteiger partial charge in [0.25, 0.3) is 5.69 Å². The fraction of sp³-hybridized carbons (Fsp3) is 0.350. The van der Waals surface area contributed by atoms with Crippen LogP contribution in [0.25, 0.3) is 0 Å². The van der Waals surface area contributed by atoms with E-state index in [0.29, 0.717) is 31.1 Å². The molecule has 6 nitrogen and oxygen atoms in total. The first kappa shape index (κ1) is 21.5. The van der Waals surface area contributed by atoms with E-state index in [0.717, 1.165) is 12.1 Å². The number of halogens is 4. The van der Waals surface area contributed by atoms with E-state index in [1.165, 1.54) is 12.1 Å². The number of benzene rings is 2. The third-order valence-electron chi connectivity index (χ3n) is 4.99. The van der Waals surface area contributed by atoms with Crippen LogP contribution in [0.3, 0.4) is 0 Å². The van der Waals surface area contributed by atoms with Gasteiger partial charge >= 0.3 is 6.18 Å². The standard InChI is InChI=1S/C20H19F4N3O3/c21-16-3-1-2-14(12-16)4-7-19(28)26-10-8-25(9-11-26)17-6-5-15(20(22,23)24)13-18(17)27(29)30/h1-3,5-6,12-13H,4,7-11H2. The van der Waals surface area contributed by atoms with Crippen LogP contribution < -0.4 is 4.90 Å². The molecular weight excluding hydrogens is 406 g/mol. The van der Waals surface area contributed by atoms with Gasteiger partial charge in [-0.25, -0.2) is 4.39 Å². The highest BCUT2D eigenvalue weighted by molar-refractivity contribution is 5.77. The average Bonchev–Trinajstić information content (AvgIpc) is 2.71. The molecule has 0 spiro atoms. The van der Waals surface area contributed by atoms with Crippen LogP contribution in [-0.2, 0) is 17.4 Å². The highest BCUT2D eigenvalue weighted by atomic mass is 19.4. The van der Waals surface area contributed by atoms with Crippen LogP contribution in [-0.4, -0.2) is 41.9 Å². The maximum Gasteiger partial charge on any atom is 0.416 e. The van der Waals surface area contributed by atoms with Gasteiger partial charge in [0.1, 0.15) is 11.5 Å². The molecule has 0 bridgehead atoms. The number of nitrogens with zero attached hydrogens (tertiary/aromatic N) is 3. The number of rotatable bonds is 5. The van der Waals surface area contributed by atoms with Crippen molar-refractivity contribution < 1.29 is 27.3 Å². The summed E-state index contributed by atoms with van der Waals surface area (Å²) in [5, 5.41) is 11.3. The summed E-state index contributed by atoms with van der Waals surface area (Å²) in [5.74, 6) is -0.493. The van der Waals surface area contributed by atoms with E-state index in [9.17, 15) is 32.5 Å². The van der Waals surface area contributed by atoms with Crippen LogP contribution in [0.15, 0.2) is 42.5 Å². The second-order valence-corrected chi connectivity index (χ2v) is 6.96. The van der Waals surface area contributed by atoms with Gasteiger partial charge in [-0.15, -0.1) is 0 Å². The molecule has 30 heavy (non-hydrogen) atoms. The second kappa shape index (κ2) is 8.68. The lowest BCUT2D eigenvalue weighted by Gasteiger charge is -2.36. The van der Waals surface area contributed by atoms with Gasteiger partial charge in [0.2, 0.25) is 5.91 Å². The minimum absolute atomic E-state index is 0.0971. The monoisotopic (exact) mass is 425 g/mol. The summed E-state index contributed by atoms with van der Waals surface area (Å²) in [5.41, 5.74) is -0.887. The summed E-state index contributed by atoms with van der Waals surface area (Å²) in [4.78, 5) is 26.1. The van der Waals surface area contributed by atoms with Crippen LogP contribution >= 0.6 is 0 Å². The van der Waals surface area contributed by atoms with Crippen LogP contribution in [0.5, 0.6) is 0 Å². The topological polar surface area (TPSA) is 66.7 Å². The fourth-order valence-electron chi connectivity index (χ4n) is 3.41. The zero-order valence-corrected chi connectivity index (χ0v) is 15.9. The molecule has 2 aromatic carbocycles. The minimum Gasteiger partial charge on any atom is -0.362 e. The normalized spacial score (nSPS) is 14.7. The summed E-state index contributed by atoms with van der Waals surface area (Å²) < 4.78 is 51.8. The third kappa shape index (κ3) is 5.05. The van der Waals surface area contributed by atoms with Gasteiger partial charge in [-0.3, -0.25) is 14.9 Å². The molecule has 1 aliphatic heterocycles. The van der Waals surface area contributed by atoms with E-state index in [-0.39, 0.29) is 36.9 Å². The molecule has 160 valence electrons. The number of amides is 1. The van der Waals surface area contributed by atoms with Gasteiger partial charge in [0.15, 0.2) is 0 Å². The van der Waals surface area contributed by atoms with Crippen LogP contribution in [0.4, 0.5) is 28.9 Å². The van der Waals surface area contributed by atoms with Gasteiger partial charge < -0.3 is 9.80 Å². The molecule has 0 N–H and O–H groups in total. The van der Waals surface area contributed by atoms with Crippen molar-refractivity contribution in [3.05, 3.63) is 69.5 Å². The Hall–Kier alpha value is -3.17. The van der Waals surface area contributed by atoms with Crippen molar-refractivity contribution in [2.75, 3.05) is 31.1 Å². The number of nitro benzene ring substituents is 1. The zero-order chi connectivity index (χ0) is 21.9. The van der Waals surface area contributed by atoms with Gasteiger partial charge in [-0.05, 0) is 36.2 Å². The number of nitro groups is 1. The van der Waals surface area contributed by atoms with Crippen molar-refractivity contribution in [3.8, 4) is 0 Å². The lowest BCUT2D eigenvalue weighted by molar-refractivity contribution is -0.384. The molecule has 1 amide bonds. The quantitative estimate of drug-likeness (QED) is 0.412. The second-order valence-electron chi connectivity index (χ2n) is 6.96. The molecule has 1 aliphatic rings. The summed E-state index contributed by atoms with van der Waals surface area (Å²) in [7, 11) is 0. The zero-order valence-electron chi connectivity index (χ0n) is 15.9. The van der Waals surface area contributed by atoms with Gasteiger partial charge in [-0.2, -0.15) is 13.2 Å². The summed E-state index contributed by atoms with van der Waals surface area (Å²) in [6.45, 7) is 1.11. The molecule has 3 rings (SSSR count). The van der Waals surface area contributed by atoms with Crippen molar-refractivity contribution in [2.24, 2.45) is 0 Å². The first-order chi connectivity index (χ1) is 14.1. The van der Waals surface area contributed by atoms with Gasteiger partial charge in [0.05, 0.1) is 10.5 Å². The number of aryl methyl sites for hydroxylation is 1. The Morgan fingerprint density at radius 1 is 1.07 bits per heavy atom. The number of alkyl halides is 3. The summed E-state index contributed by atoms with van der Waals surface area (Å²) >= 11 is 0. The molecule has 0 saturated carbocycles. The summed E-state index contributed by atoms with van der Waals surface area (Å²) in [6, 6.07) is 8.45.